The van der Waals surface area contributed by atoms with Crippen LogP contribution in [0.25, 0.3) is 0 Å². The Bertz CT molecular complexity index is 869. The molecule has 28 heavy (non-hydrogen) atoms. The van der Waals surface area contributed by atoms with Gasteiger partial charge in [0.05, 0.1) is 18.4 Å². The maximum Gasteiger partial charge on any atom is 0.344 e. The van der Waals surface area contributed by atoms with Gasteiger partial charge >= 0.3 is 5.69 Å². The van der Waals surface area contributed by atoms with Gasteiger partial charge in [-0.1, -0.05) is 18.7 Å². The van der Waals surface area contributed by atoms with E-state index in [0.29, 0.717) is 36.0 Å². The molecular formula is C19H24N4O4S. The maximum absolute atomic E-state index is 12.5. The van der Waals surface area contributed by atoms with E-state index in [1.54, 1.807) is 24.3 Å². The van der Waals surface area contributed by atoms with Crippen LogP contribution in [0.2, 0.25) is 0 Å². The number of rotatable bonds is 9. The topological polar surface area (TPSA) is 106 Å². The van der Waals surface area contributed by atoms with Crippen molar-refractivity contribution in [3.05, 3.63) is 40.3 Å². The van der Waals surface area contributed by atoms with Crippen molar-refractivity contribution >= 4 is 29.1 Å². The molecule has 150 valence electrons. The van der Waals surface area contributed by atoms with Crippen molar-refractivity contribution in [2.45, 2.75) is 50.4 Å². The summed E-state index contributed by atoms with van der Waals surface area (Å²) in [5, 5.41) is 9.74. The van der Waals surface area contributed by atoms with E-state index in [1.807, 2.05) is 6.92 Å². The number of carbonyl (C=O) groups excluding carboxylic acids is 2. The van der Waals surface area contributed by atoms with Gasteiger partial charge in [-0.2, -0.15) is 0 Å². The van der Waals surface area contributed by atoms with Crippen LogP contribution in [0, 0.1) is 0 Å². The van der Waals surface area contributed by atoms with Crippen molar-refractivity contribution in [2.24, 2.45) is 0 Å². The van der Waals surface area contributed by atoms with Gasteiger partial charge in [0.25, 0.3) is 0 Å². The summed E-state index contributed by atoms with van der Waals surface area (Å²) in [5.74, 6) is 0.0487. The molecule has 2 heterocycles. The molecule has 3 rings (SSSR count). The van der Waals surface area contributed by atoms with Crippen molar-refractivity contribution in [3.63, 3.8) is 0 Å². The number of ketones is 1. The smallest absolute Gasteiger partial charge is 0.344 e. The lowest BCUT2D eigenvalue weighted by atomic mass is 10.1. The fourth-order valence-electron chi connectivity index (χ4n) is 2.97. The largest absolute Gasteiger partial charge is 0.376 e. The third-order valence-corrected chi connectivity index (χ3v) is 5.41. The van der Waals surface area contributed by atoms with Crippen LogP contribution in [0.3, 0.4) is 0 Å². The fourth-order valence-corrected chi connectivity index (χ4v) is 3.82. The van der Waals surface area contributed by atoms with Gasteiger partial charge in [-0.3, -0.25) is 14.2 Å². The Morgan fingerprint density at radius 3 is 2.82 bits per heavy atom. The average molecular weight is 404 g/mol. The number of amides is 1. The number of thioether (sulfide) groups is 1. The molecule has 1 aromatic heterocycles. The van der Waals surface area contributed by atoms with Crippen LogP contribution < -0.4 is 11.0 Å². The molecule has 0 bridgehead atoms. The first-order valence-corrected chi connectivity index (χ1v) is 10.4. The van der Waals surface area contributed by atoms with Gasteiger partial charge in [0.15, 0.2) is 10.9 Å². The molecule has 1 saturated heterocycles. The molecule has 1 aromatic carbocycles. The number of ether oxygens (including phenoxy) is 1. The molecule has 0 spiro atoms. The first-order valence-electron chi connectivity index (χ1n) is 9.39. The molecule has 1 amide bonds. The highest BCUT2D eigenvalue weighted by atomic mass is 32.2. The van der Waals surface area contributed by atoms with Gasteiger partial charge in [-0.05, 0) is 43.5 Å². The van der Waals surface area contributed by atoms with Gasteiger partial charge in [-0.15, -0.1) is 5.10 Å². The summed E-state index contributed by atoms with van der Waals surface area (Å²) >= 11 is 1.22. The Morgan fingerprint density at radius 2 is 2.14 bits per heavy atom. The van der Waals surface area contributed by atoms with Crippen LogP contribution >= 0.6 is 11.8 Å². The highest BCUT2D eigenvalue weighted by Gasteiger charge is 2.20. The molecule has 1 aliphatic rings. The van der Waals surface area contributed by atoms with E-state index < -0.39 is 0 Å². The monoisotopic (exact) mass is 404 g/mol. The summed E-state index contributed by atoms with van der Waals surface area (Å²) in [6, 6.07) is 6.81. The summed E-state index contributed by atoms with van der Waals surface area (Å²) in [6.45, 7) is 3.10. The van der Waals surface area contributed by atoms with E-state index >= 15 is 0 Å². The van der Waals surface area contributed by atoms with Gasteiger partial charge in [0.2, 0.25) is 5.91 Å². The molecule has 1 atom stereocenters. The van der Waals surface area contributed by atoms with Crippen LogP contribution in [-0.2, 0) is 16.1 Å². The Balaban J connectivity index is 1.57. The first-order chi connectivity index (χ1) is 13.6. The van der Waals surface area contributed by atoms with Crippen LogP contribution in [0.1, 0.15) is 43.0 Å². The van der Waals surface area contributed by atoms with Gasteiger partial charge in [0, 0.05) is 24.3 Å². The second-order valence-corrected chi connectivity index (χ2v) is 7.59. The molecule has 0 radical (unpaired) electrons. The van der Waals surface area contributed by atoms with Crippen molar-refractivity contribution < 1.29 is 14.3 Å². The molecule has 0 unspecified atom stereocenters. The summed E-state index contributed by atoms with van der Waals surface area (Å²) < 4.78 is 7.11. The standard InChI is InChI=1S/C19H24N4O4S/c1-2-4-17(25)20-14-8-6-13(7-9-14)16(24)12-28-19-22-21-18(26)23(19)11-15-5-3-10-27-15/h6-9,15H,2-5,10-12H2,1H3,(H,20,25)(H,21,26)/t15-/m1/s1. The van der Waals surface area contributed by atoms with Crippen molar-refractivity contribution in [1.29, 1.82) is 0 Å². The zero-order chi connectivity index (χ0) is 19.9. The SMILES string of the molecule is CCCC(=O)Nc1ccc(C(=O)CSc2n[nH]c(=O)n2C[C@H]2CCCO2)cc1. The molecule has 0 aliphatic carbocycles. The minimum atomic E-state index is -0.294. The van der Waals surface area contributed by atoms with Crippen LogP contribution in [-0.4, -0.2) is 44.9 Å². The van der Waals surface area contributed by atoms with Crippen molar-refractivity contribution in [3.8, 4) is 0 Å². The van der Waals surface area contributed by atoms with Crippen molar-refractivity contribution in [2.75, 3.05) is 17.7 Å². The van der Waals surface area contributed by atoms with Crippen molar-refractivity contribution in [1.82, 2.24) is 14.8 Å². The fraction of sp³-hybridized carbons (Fsp3) is 0.474. The van der Waals surface area contributed by atoms with E-state index in [-0.39, 0.29) is 29.2 Å². The number of hydrogen-bond acceptors (Lipinski definition) is 6. The zero-order valence-corrected chi connectivity index (χ0v) is 16.6. The minimum absolute atomic E-state index is 0.0146. The van der Waals surface area contributed by atoms with E-state index in [0.717, 1.165) is 19.3 Å². The number of carbonyl (C=O) groups is 2. The summed E-state index contributed by atoms with van der Waals surface area (Å²) in [7, 11) is 0. The molecule has 1 aliphatic heterocycles. The third-order valence-electron chi connectivity index (χ3n) is 4.43. The summed E-state index contributed by atoms with van der Waals surface area (Å²) in [4.78, 5) is 36.0. The van der Waals surface area contributed by atoms with Gasteiger partial charge < -0.3 is 10.1 Å². The van der Waals surface area contributed by atoms with E-state index in [9.17, 15) is 14.4 Å². The highest BCUT2D eigenvalue weighted by molar-refractivity contribution is 7.99. The number of benzene rings is 1. The lowest BCUT2D eigenvalue weighted by Crippen LogP contribution is -2.25. The molecule has 0 saturated carbocycles. The molecule has 2 aromatic rings. The number of H-pyrrole nitrogens is 1. The summed E-state index contributed by atoms with van der Waals surface area (Å²) in [5.41, 5.74) is 0.919. The number of hydrogen-bond donors (Lipinski definition) is 2. The Labute approximate surface area is 167 Å². The Kier molecular flexibility index (Phi) is 7.05. The van der Waals surface area contributed by atoms with E-state index in [4.69, 9.17) is 4.74 Å². The quantitative estimate of drug-likeness (QED) is 0.491. The summed E-state index contributed by atoms with van der Waals surface area (Å²) in [6.07, 6.45) is 3.18. The number of aromatic nitrogens is 3. The molecule has 8 nitrogen and oxygen atoms in total. The maximum atomic E-state index is 12.5. The normalized spacial score (nSPS) is 16.2. The molecule has 2 N–H and O–H groups in total. The average Bonchev–Trinajstić information content (AvgIpc) is 3.32. The number of nitrogens with zero attached hydrogens (tertiary/aromatic N) is 2. The van der Waals surface area contributed by atoms with Gasteiger partial charge in [0.1, 0.15) is 0 Å². The lowest BCUT2D eigenvalue weighted by molar-refractivity contribution is -0.116. The predicted molar refractivity (Wildman–Crippen MR) is 107 cm³/mol. The number of aromatic amines is 1. The number of nitrogens with one attached hydrogen (secondary N) is 2. The van der Waals surface area contributed by atoms with Gasteiger partial charge in [-0.25, -0.2) is 9.89 Å². The number of anilines is 1. The lowest BCUT2D eigenvalue weighted by Gasteiger charge is -2.10. The molecule has 1 fully saturated rings. The number of Topliss-reactive ketones (excluding diaryl/α,β-unsaturated/α-hetero) is 1. The van der Waals surface area contributed by atoms with E-state index in [2.05, 4.69) is 15.5 Å². The Morgan fingerprint density at radius 1 is 1.36 bits per heavy atom. The highest BCUT2D eigenvalue weighted by Crippen LogP contribution is 2.20. The zero-order valence-electron chi connectivity index (χ0n) is 15.8. The van der Waals surface area contributed by atoms with Crippen LogP contribution in [0.5, 0.6) is 0 Å². The van der Waals surface area contributed by atoms with Crippen LogP contribution in [0.4, 0.5) is 5.69 Å². The second-order valence-electron chi connectivity index (χ2n) is 6.64. The second kappa shape index (κ2) is 9.70. The first kappa shape index (κ1) is 20.3. The molecular weight excluding hydrogens is 380 g/mol. The van der Waals surface area contributed by atoms with E-state index in [1.165, 1.54) is 16.3 Å². The molecule has 9 heteroatoms. The van der Waals surface area contributed by atoms with Crippen LogP contribution in [0.15, 0.2) is 34.2 Å². The minimum Gasteiger partial charge on any atom is -0.376 e. The predicted octanol–water partition coefficient (Wildman–Crippen LogP) is 2.46. The Hall–Kier alpha value is -2.39. The third kappa shape index (κ3) is 5.32.